The number of hydrogen-bond acceptors (Lipinski definition) is 5. The van der Waals surface area contributed by atoms with Gasteiger partial charge in [0.25, 0.3) is 0 Å². The standard InChI is InChI=1S/C13H18N2O5/c1-7(11(14)13(19)20)15-10(12(17)18)6-8-2-4-9(16)5-3-8/h2-5,7,10-11,15-16H,6,14H2,1H3,(H,17,18)(H,19,20)/t7-,10+,11+/m1/s1. The van der Waals surface area contributed by atoms with Crippen LogP contribution in [0, 0.1) is 0 Å². The molecule has 6 N–H and O–H groups in total. The summed E-state index contributed by atoms with van der Waals surface area (Å²) in [6, 6.07) is 3.30. The Bertz CT molecular complexity index is 474. The summed E-state index contributed by atoms with van der Waals surface area (Å²) in [7, 11) is 0. The van der Waals surface area contributed by atoms with Crippen LogP contribution in [0.1, 0.15) is 12.5 Å². The maximum atomic E-state index is 11.2. The van der Waals surface area contributed by atoms with E-state index in [1.54, 1.807) is 12.1 Å². The van der Waals surface area contributed by atoms with Crippen molar-refractivity contribution in [3.8, 4) is 5.75 Å². The number of nitrogens with one attached hydrogen (secondary N) is 1. The van der Waals surface area contributed by atoms with Crippen LogP contribution < -0.4 is 11.1 Å². The van der Waals surface area contributed by atoms with Crippen molar-refractivity contribution >= 4 is 11.9 Å². The lowest BCUT2D eigenvalue weighted by molar-refractivity contribution is -0.142. The van der Waals surface area contributed by atoms with E-state index in [4.69, 9.17) is 21.1 Å². The summed E-state index contributed by atoms with van der Waals surface area (Å²) < 4.78 is 0. The van der Waals surface area contributed by atoms with Gasteiger partial charge in [0, 0.05) is 6.04 Å². The average molecular weight is 282 g/mol. The molecule has 0 fully saturated rings. The fourth-order valence-corrected chi connectivity index (χ4v) is 1.72. The number of carboxylic acid groups (broad SMARTS) is 2. The molecule has 1 rings (SSSR count). The number of nitrogens with two attached hydrogens (primary N) is 1. The number of carboxylic acids is 2. The smallest absolute Gasteiger partial charge is 0.322 e. The minimum atomic E-state index is -1.20. The maximum absolute atomic E-state index is 11.2. The van der Waals surface area contributed by atoms with Gasteiger partial charge in [-0.15, -0.1) is 0 Å². The van der Waals surface area contributed by atoms with E-state index in [9.17, 15) is 9.59 Å². The number of aromatic hydroxyl groups is 1. The van der Waals surface area contributed by atoms with Crippen LogP contribution in [-0.4, -0.2) is 45.4 Å². The Morgan fingerprint density at radius 1 is 1.20 bits per heavy atom. The number of phenolic OH excluding ortho intramolecular Hbond substituents is 1. The van der Waals surface area contributed by atoms with Gasteiger partial charge in [-0.05, 0) is 31.0 Å². The van der Waals surface area contributed by atoms with Crippen molar-refractivity contribution in [1.82, 2.24) is 5.32 Å². The van der Waals surface area contributed by atoms with Gasteiger partial charge < -0.3 is 21.1 Å². The van der Waals surface area contributed by atoms with Gasteiger partial charge in [0.05, 0.1) is 0 Å². The molecule has 7 nitrogen and oxygen atoms in total. The molecule has 0 heterocycles. The molecular formula is C13H18N2O5. The predicted molar refractivity (Wildman–Crippen MR) is 71.4 cm³/mol. The van der Waals surface area contributed by atoms with Crippen molar-refractivity contribution in [3.63, 3.8) is 0 Å². The van der Waals surface area contributed by atoms with Gasteiger partial charge in [-0.1, -0.05) is 12.1 Å². The van der Waals surface area contributed by atoms with Crippen LogP contribution in [0.5, 0.6) is 5.75 Å². The SMILES string of the molecule is C[C@@H](N[C@@H](Cc1ccc(O)cc1)C(=O)O)[C@H](N)C(=O)O. The Hall–Kier alpha value is -2.12. The Balaban J connectivity index is 2.72. The second-order valence-electron chi connectivity index (χ2n) is 4.58. The van der Waals surface area contributed by atoms with E-state index in [0.717, 1.165) is 0 Å². The van der Waals surface area contributed by atoms with Gasteiger partial charge in [-0.25, -0.2) is 0 Å². The molecule has 0 amide bonds. The normalized spacial score (nSPS) is 15.3. The summed E-state index contributed by atoms with van der Waals surface area (Å²) in [5.41, 5.74) is 6.14. The third kappa shape index (κ3) is 4.52. The maximum Gasteiger partial charge on any atom is 0.322 e. The quantitative estimate of drug-likeness (QED) is 0.467. The van der Waals surface area contributed by atoms with E-state index in [2.05, 4.69) is 5.32 Å². The van der Waals surface area contributed by atoms with Crippen LogP contribution in [0.2, 0.25) is 0 Å². The van der Waals surface area contributed by atoms with E-state index in [1.807, 2.05) is 0 Å². The summed E-state index contributed by atoms with van der Waals surface area (Å²) in [5.74, 6) is -2.20. The molecule has 0 aliphatic heterocycles. The van der Waals surface area contributed by atoms with E-state index < -0.39 is 30.1 Å². The summed E-state index contributed by atoms with van der Waals surface area (Å²) in [6.45, 7) is 1.52. The number of phenols is 1. The number of rotatable bonds is 7. The molecule has 0 aliphatic carbocycles. The van der Waals surface area contributed by atoms with Gasteiger partial charge in [-0.3, -0.25) is 14.9 Å². The van der Waals surface area contributed by atoms with Crippen LogP contribution in [0.4, 0.5) is 0 Å². The van der Waals surface area contributed by atoms with E-state index in [0.29, 0.717) is 5.56 Å². The van der Waals surface area contributed by atoms with Crippen molar-refractivity contribution in [2.24, 2.45) is 5.73 Å². The molecule has 1 aromatic rings. The predicted octanol–water partition coefficient (Wildman–Crippen LogP) is -0.222. The zero-order chi connectivity index (χ0) is 15.3. The average Bonchev–Trinajstić information content (AvgIpc) is 2.39. The number of hydrogen-bond donors (Lipinski definition) is 5. The second kappa shape index (κ2) is 6.88. The molecule has 20 heavy (non-hydrogen) atoms. The van der Waals surface area contributed by atoms with Crippen molar-refractivity contribution in [1.29, 1.82) is 0 Å². The van der Waals surface area contributed by atoms with Crippen LogP contribution >= 0.6 is 0 Å². The monoisotopic (exact) mass is 282 g/mol. The minimum Gasteiger partial charge on any atom is -0.508 e. The Morgan fingerprint density at radius 2 is 1.75 bits per heavy atom. The molecule has 0 saturated heterocycles. The zero-order valence-electron chi connectivity index (χ0n) is 11.0. The molecule has 0 saturated carbocycles. The first-order valence-corrected chi connectivity index (χ1v) is 6.06. The van der Waals surface area contributed by atoms with Gasteiger partial charge in [0.2, 0.25) is 0 Å². The van der Waals surface area contributed by atoms with Crippen LogP contribution in [0.3, 0.4) is 0 Å². The van der Waals surface area contributed by atoms with Gasteiger partial charge in [0.1, 0.15) is 17.8 Å². The molecule has 1 aromatic carbocycles. The lowest BCUT2D eigenvalue weighted by Gasteiger charge is -2.22. The summed E-state index contributed by atoms with van der Waals surface area (Å²) in [4.78, 5) is 21.9. The highest BCUT2D eigenvalue weighted by molar-refractivity contribution is 5.76. The molecule has 0 radical (unpaired) electrons. The van der Waals surface area contributed by atoms with Gasteiger partial charge >= 0.3 is 11.9 Å². The lowest BCUT2D eigenvalue weighted by atomic mass is 10.0. The summed E-state index contributed by atoms with van der Waals surface area (Å²) >= 11 is 0. The fraction of sp³-hybridized carbons (Fsp3) is 0.385. The first-order valence-electron chi connectivity index (χ1n) is 6.06. The molecule has 110 valence electrons. The van der Waals surface area contributed by atoms with Gasteiger partial charge in [-0.2, -0.15) is 0 Å². The van der Waals surface area contributed by atoms with Crippen LogP contribution in [0.25, 0.3) is 0 Å². The van der Waals surface area contributed by atoms with E-state index in [-0.39, 0.29) is 12.2 Å². The van der Waals surface area contributed by atoms with E-state index in [1.165, 1.54) is 19.1 Å². The highest BCUT2D eigenvalue weighted by Gasteiger charge is 2.26. The molecule has 0 unspecified atom stereocenters. The Labute approximate surface area is 116 Å². The molecule has 3 atom stereocenters. The Morgan fingerprint density at radius 3 is 2.20 bits per heavy atom. The van der Waals surface area contributed by atoms with E-state index >= 15 is 0 Å². The summed E-state index contributed by atoms with van der Waals surface area (Å²) in [5, 5.41) is 29.8. The number of carbonyl (C=O) groups is 2. The molecule has 0 aliphatic rings. The number of benzene rings is 1. The fourth-order valence-electron chi connectivity index (χ4n) is 1.72. The van der Waals surface area contributed by atoms with Gasteiger partial charge in [0.15, 0.2) is 0 Å². The number of aliphatic carboxylic acids is 2. The van der Waals surface area contributed by atoms with Crippen molar-refractivity contribution in [3.05, 3.63) is 29.8 Å². The van der Waals surface area contributed by atoms with Crippen molar-refractivity contribution in [2.75, 3.05) is 0 Å². The third-order valence-electron chi connectivity index (χ3n) is 2.96. The van der Waals surface area contributed by atoms with Crippen LogP contribution in [0.15, 0.2) is 24.3 Å². The minimum absolute atomic E-state index is 0.0925. The highest BCUT2D eigenvalue weighted by atomic mass is 16.4. The first-order chi connectivity index (χ1) is 9.31. The summed E-state index contributed by atoms with van der Waals surface area (Å²) in [6.07, 6.45) is 0.159. The molecule has 0 aromatic heterocycles. The van der Waals surface area contributed by atoms with Crippen molar-refractivity contribution < 1.29 is 24.9 Å². The molecular weight excluding hydrogens is 264 g/mol. The zero-order valence-corrected chi connectivity index (χ0v) is 11.0. The Kier molecular flexibility index (Phi) is 5.48. The molecule has 0 bridgehead atoms. The first kappa shape index (κ1) is 15.9. The molecule has 7 heteroatoms. The molecule has 0 spiro atoms. The lowest BCUT2D eigenvalue weighted by Crippen LogP contribution is -2.53. The topological polar surface area (TPSA) is 133 Å². The largest absolute Gasteiger partial charge is 0.508 e. The second-order valence-corrected chi connectivity index (χ2v) is 4.58. The van der Waals surface area contributed by atoms with Crippen LogP contribution in [-0.2, 0) is 16.0 Å². The third-order valence-corrected chi connectivity index (χ3v) is 2.96. The highest BCUT2D eigenvalue weighted by Crippen LogP contribution is 2.12. The van der Waals surface area contributed by atoms with Crippen molar-refractivity contribution in [2.45, 2.75) is 31.5 Å².